The fourth-order valence-electron chi connectivity index (χ4n) is 3.48. The maximum atomic E-state index is 13.8. The van der Waals surface area contributed by atoms with Gasteiger partial charge in [-0.15, -0.1) is 0 Å². The molecule has 24 heavy (non-hydrogen) atoms. The number of esters is 1. The maximum absolute atomic E-state index is 13.8. The molecule has 1 atom stereocenters. The Balaban J connectivity index is 2.17. The summed E-state index contributed by atoms with van der Waals surface area (Å²) in [4.78, 5) is 25.1. The van der Waals surface area contributed by atoms with E-state index in [-0.39, 0.29) is 12.4 Å². The van der Waals surface area contributed by atoms with E-state index in [9.17, 15) is 14.0 Å². The molecule has 0 bridgehead atoms. The van der Waals surface area contributed by atoms with Gasteiger partial charge in [-0.05, 0) is 44.4 Å². The Kier molecular flexibility index (Phi) is 4.51. The minimum Gasteiger partial charge on any atom is -0.463 e. The standard InChI is InChI=1S/C19H20FNO3/c1-3-24-19(23)16-11(2)21-14-8-5-9-15(22)18(14)17(16)12-6-4-7-13(20)10-12/h4,6-7,10,17,21H,3,5,8-9H2,1-2H3/t17-/m1/s1. The van der Waals surface area contributed by atoms with Crippen LogP contribution >= 0.6 is 0 Å². The number of benzene rings is 1. The normalized spacial score (nSPS) is 20.6. The largest absolute Gasteiger partial charge is 0.463 e. The zero-order valence-electron chi connectivity index (χ0n) is 13.8. The van der Waals surface area contributed by atoms with Crippen LogP contribution in [0.2, 0.25) is 0 Å². The molecule has 0 fully saturated rings. The van der Waals surface area contributed by atoms with Crippen LogP contribution in [0.3, 0.4) is 0 Å². The summed E-state index contributed by atoms with van der Waals surface area (Å²) in [7, 11) is 0. The first kappa shape index (κ1) is 16.4. The number of carbonyl (C=O) groups is 2. The summed E-state index contributed by atoms with van der Waals surface area (Å²) < 4.78 is 19.0. The number of hydrogen-bond donors (Lipinski definition) is 1. The SMILES string of the molecule is CCOC(=O)C1=C(C)NC2=C(C(=O)CCC2)[C@@H]1c1cccc(F)c1. The molecule has 0 amide bonds. The Morgan fingerprint density at radius 2 is 2.17 bits per heavy atom. The van der Waals surface area contributed by atoms with Gasteiger partial charge in [0.1, 0.15) is 5.82 Å². The maximum Gasteiger partial charge on any atom is 0.336 e. The number of rotatable bonds is 3. The highest BCUT2D eigenvalue weighted by molar-refractivity contribution is 6.03. The molecule has 5 heteroatoms. The van der Waals surface area contributed by atoms with E-state index in [1.54, 1.807) is 26.0 Å². The van der Waals surface area contributed by atoms with Crippen molar-refractivity contribution < 1.29 is 18.7 Å². The first-order valence-corrected chi connectivity index (χ1v) is 8.19. The van der Waals surface area contributed by atoms with Gasteiger partial charge in [0.15, 0.2) is 5.78 Å². The van der Waals surface area contributed by atoms with Gasteiger partial charge in [0.2, 0.25) is 0 Å². The van der Waals surface area contributed by atoms with Crippen LogP contribution in [-0.4, -0.2) is 18.4 Å². The summed E-state index contributed by atoms with van der Waals surface area (Å²) in [6.45, 7) is 3.77. The van der Waals surface area contributed by atoms with Gasteiger partial charge in [0.25, 0.3) is 0 Å². The van der Waals surface area contributed by atoms with E-state index in [0.29, 0.717) is 28.8 Å². The Morgan fingerprint density at radius 3 is 2.88 bits per heavy atom. The quantitative estimate of drug-likeness (QED) is 0.864. The summed E-state index contributed by atoms with van der Waals surface area (Å²) in [5.74, 6) is -1.44. The first-order chi connectivity index (χ1) is 11.5. The molecule has 0 saturated heterocycles. The van der Waals surface area contributed by atoms with Gasteiger partial charge in [0.05, 0.1) is 12.2 Å². The second kappa shape index (κ2) is 6.59. The summed E-state index contributed by atoms with van der Waals surface area (Å²) in [6, 6.07) is 6.08. The molecule has 0 saturated carbocycles. The summed E-state index contributed by atoms with van der Waals surface area (Å²) >= 11 is 0. The fraction of sp³-hybridized carbons (Fsp3) is 0.368. The van der Waals surface area contributed by atoms with Crippen LogP contribution in [-0.2, 0) is 14.3 Å². The van der Waals surface area contributed by atoms with E-state index in [0.717, 1.165) is 18.5 Å². The molecular weight excluding hydrogens is 309 g/mol. The van der Waals surface area contributed by atoms with E-state index in [1.807, 2.05) is 0 Å². The number of ether oxygens (including phenoxy) is 1. The predicted octanol–water partition coefficient (Wildman–Crippen LogP) is 3.36. The molecule has 1 aromatic rings. The highest BCUT2D eigenvalue weighted by Gasteiger charge is 2.39. The Bertz CT molecular complexity index is 764. The predicted molar refractivity (Wildman–Crippen MR) is 87.5 cm³/mol. The number of dihydropyridines is 1. The number of ketones is 1. The Labute approximate surface area is 140 Å². The third-order valence-electron chi connectivity index (χ3n) is 4.45. The number of nitrogens with one attached hydrogen (secondary N) is 1. The van der Waals surface area contributed by atoms with Crippen molar-refractivity contribution in [2.45, 2.75) is 39.0 Å². The van der Waals surface area contributed by atoms with Gasteiger partial charge in [-0.25, -0.2) is 9.18 Å². The third-order valence-corrected chi connectivity index (χ3v) is 4.45. The Morgan fingerprint density at radius 1 is 1.38 bits per heavy atom. The lowest BCUT2D eigenvalue weighted by Gasteiger charge is -2.34. The van der Waals surface area contributed by atoms with Crippen LogP contribution in [0.5, 0.6) is 0 Å². The van der Waals surface area contributed by atoms with Crippen molar-refractivity contribution in [1.82, 2.24) is 5.32 Å². The molecular formula is C19H20FNO3. The molecule has 126 valence electrons. The van der Waals surface area contributed by atoms with Crippen molar-refractivity contribution in [3.8, 4) is 0 Å². The molecule has 2 aliphatic rings. The van der Waals surface area contributed by atoms with Gasteiger partial charge in [-0.1, -0.05) is 12.1 Å². The minimum atomic E-state index is -0.580. The zero-order chi connectivity index (χ0) is 17.3. The van der Waals surface area contributed by atoms with Crippen LogP contribution in [0.1, 0.15) is 44.6 Å². The second-order valence-corrected chi connectivity index (χ2v) is 6.04. The van der Waals surface area contributed by atoms with Crippen molar-refractivity contribution in [3.05, 3.63) is 58.2 Å². The second-order valence-electron chi connectivity index (χ2n) is 6.04. The van der Waals surface area contributed by atoms with Crippen molar-refractivity contribution in [2.75, 3.05) is 6.61 Å². The smallest absolute Gasteiger partial charge is 0.336 e. The number of allylic oxidation sites excluding steroid dienone is 3. The van der Waals surface area contributed by atoms with Gasteiger partial charge in [0, 0.05) is 29.3 Å². The average Bonchev–Trinajstić information content (AvgIpc) is 2.54. The van der Waals surface area contributed by atoms with Gasteiger partial charge < -0.3 is 10.1 Å². The average molecular weight is 329 g/mol. The van der Waals surface area contributed by atoms with Crippen LogP contribution in [0.4, 0.5) is 4.39 Å². The molecule has 1 aromatic carbocycles. The molecule has 3 rings (SSSR count). The van der Waals surface area contributed by atoms with E-state index in [1.165, 1.54) is 12.1 Å². The van der Waals surface area contributed by atoms with Gasteiger partial charge >= 0.3 is 5.97 Å². The zero-order valence-corrected chi connectivity index (χ0v) is 13.8. The third kappa shape index (κ3) is 2.86. The van der Waals surface area contributed by atoms with Gasteiger partial charge in [-0.3, -0.25) is 4.79 Å². The minimum absolute atomic E-state index is 0.00677. The molecule has 0 spiro atoms. The molecule has 0 radical (unpaired) electrons. The van der Waals surface area contributed by atoms with E-state index >= 15 is 0 Å². The molecule has 1 heterocycles. The summed E-state index contributed by atoms with van der Waals surface area (Å²) in [5, 5.41) is 3.20. The van der Waals surface area contributed by atoms with E-state index in [2.05, 4.69) is 5.32 Å². The number of hydrogen-bond acceptors (Lipinski definition) is 4. The molecule has 0 aromatic heterocycles. The highest BCUT2D eigenvalue weighted by atomic mass is 19.1. The molecule has 1 N–H and O–H groups in total. The summed E-state index contributed by atoms with van der Waals surface area (Å²) in [6.07, 6.45) is 1.98. The highest BCUT2D eigenvalue weighted by Crippen LogP contribution is 2.42. The number of Topliss-reactive ketones (excluding diaryl/α,β-unsaturated/α-hetero) is 1. The Hall–Kier alpha value is -2.43. The molecule has 4 nitrogen and oxygen atoms in total. The first-order valence-electron chi connectivity index (χ1n) is 8.19. The van der Waals surface area contributed by atoms with E-state index in [4.69, 9.17) is 4.74 Å². The van der Waals surface area contributed by atoms with E-state index < -0.39 is 17.7 Å². The lowest BCUT2D eigenvalue weighted by Crippen LogP contribution is -2.34. The summed E-state index contributed by atoms with van der Waals surface area (Å²) in [5.41, 5.74) is 3.06. The van der Waals surface area contributed by atoms with Gasteiger partial charge in [-0.2, -0.15) is 0 Å². The van der Waals surface area contributed by atoms with Crippen LogP contribution in [0, 0.1) is 5.82 Å². The van der Waals surface area contributed by atoms with Crippen molar-refractivity contribution in [1.29, 1.82) is 0 Å². The number of carbonyl (C=O) groups excluding carboxylic acids is 2. The molecule has 1 aliphatic heterocycles. The number of halogens is 1. The topological polar surface area (TPSA) is 55.4 Å². The van der Waals surface area contributed by atoms with Crippen LogP contribution in [0.15, 0.2) is 46.8 Å². The molecule has 1 aliphatic carbocycles. The lowest BCUT2D eigenvalue weighted by atomic mass is 9.75. The monoisotopic (exact) mass is 329 g/mol. The van der Waals surface area contributed by atoms with Crippen molar-refractivity contribution in [2.24, 2.45) is 0 Å². The molecule has 0 unspecified atom stereocenters. The van der Waals surface area contributed by atoms with Crippen LogP contribution < -0.4 is 5.32 Å². The van der Waals surface area contributed by atoms with Crippen molar-refractivity contribution >= 4 is 11.8 Å². The van der Waals surface area contributed by atoms with Crippen LogP contribution in [0.25, 0.3) is 0 Å². The van der Waals surface area contributed by atoms with Crippen molar-refractivity contribution in [3.63, 3.8) is 0 Å². The lowest BCUT2D eigenvalue weighted by molar-refractivity contribution is -0.138. The fourth-order valence-corrected chi connectivity index (χ4v) is 3.48.